The molecule has 7 atom stereocenters. The molecule has 6 bridgehead atoms. The van der Waals surface area contributed by atoms with Crippen LogP contribution >= 0.6 is 0 Å². The first-order chi connectivity index (χ1) is 19.5. The van der Waals surface area contributed by atoms with E-state index in [0.29, 0.717) is 41.7 Å². The highest BCUT2D eigenvalue weighted by atomic mass is 32.2. The number of fused-ring (bicyclic) bond motifs is 2. The summed E-state index contributed by atoms with van der Waals surface area (Å²) in [7, 11) is -4.61. The molecule has 0 spiro atoms. The minimum Gasteiger partial charge on any atom is -0.744 e. The maximum Gasteiger partial charge on any atom is 0.329 e. The molecular weight excluding hydrogens is 552 g/mol. The maximum absolute atomic E-state index is 13.6. The minimum atomic E-state index is -4.61. The fourth-order valence-corrected chi connectivity index (χ4v) is 9.80. The maximum atomic E-state index is 13.6. The Labute approximate surface area is 235 Å². The second kappa shape index (κ2) is 8.16. The summed E-state index contributed by atoms with van der Waals surface area (Å²) in [5.41, 5.74) is -2.11. The number of ether oxygens (including phenoxy) is 3. The largest absolute Gasteiger partial charge is 0.744 e. The number of hydrogen-bond acceptors (Lipinski definition) is 10. The first-order valence-electron chi connectivity index (χ1n) is 14.1. The van der Waals surface area contributed by atoms with Gasteiger partial charge in [0.25, 0.3) is 0 Å². The summed E-state index contributed by atoms with van der Waals surface area (Å²) in [5.74, 6) is -1.62. The monoisotopic (exact) mass is 579 g/mol. The summed E-state index contributed by atoms with van der Waals surface area (Å²) in [6.07, 6.45) is 2.90. The molecule has 2 aromatic rings. The van der Waals surface area contributed by atoms with Gasteiger partial charge in [0.05, 0.1) is 10.3 Å². The number of esters is 3. The third kappa shape index (κ3) is 3.48. The van der Waals surface area contributed by atoms with Crippen LogP contribution in [0.1, 0.15) is 44.9 Å². The van der Waals surface area contributed by atoms with Crippen LogP contribution in [0, 0.1) is 40.4 Å². The zero-order valence-corrected chi connectivity index (χ0v) is 22.8. The Morgan fingerprint density at radius 1 is 0.902 bits per heavy atom. The van der Waals surface area contributed by atoms with Crippen LogP contribution in [0.15, 0.2) is 41.3 Å². The number of ketones is 1. The van der Waals surface area contributed by atoms with Gasteiger partial charge in [-0.3, -0.25) is 19.2 Å². The minimum absolute atomic E-state index is 0.0579. The molecule has 7 unspecified atom stereocenters. The van der Waals surface area contributed by atoms with Crippen molar-refractivity contribution in [2.45, 2.75) is 62.0 Å². The van der Waals surface area contributed by atoms with Crippen LogP contribution < -0.4 is 4.74 Å². The molecular formula is C30H27O10S-. The smallest absolute Gasteiger partial charge is 0.329 e. The van der Waals surface area contributed by atoms with Crippen molar-refractivity contribution < 1.29 is 46.4 Å². The highest BCUT2D eigenvalue weighted by Crippen LogP contribution is 2.64. The summed E-state index contributed by atoms with van der Waals surface area (Å²) in [6, 6.07) is 8.44. The van der Waals surface area contributed by atoms with Gasteiger partial charge in [-0.25, -0.2) is 8.42 Å². The van der Waals surface area contributed by atoms with Gasteiger partial charge >= 0.3 is 17.9 Å². The van der Waals surface area contributed by atoms with Gasteiger partial charge in [0.1, 0.15) is 33.9 Å². The lowest BCUT2D eigenvalue weighted by molar-refractivity contribution is -0.186. The summed E-state index contributed by atoms with van der Waals surface area (Å²) in [6.45, 7) is 0. The van der Waals surface area contributed by atoms with E-state index in [1.807, 2.05) is 0 Å². The molecule has 11 heteroatoms. The van der Waals surface area contributed by atoms with E-state index in [0.717, 1.165) is 19.3 Å². The number of carbonyl (C=O) groups is 4. The summed E-state index contributed by atoms with van der Waals surface area (Å²) >= 11 is 0. The summed E-state index contributed by atoms with van der Waals surface area (Å²) < 4.78 is 51.5. The van der Waals surface area contributed by atoms with Crippen molar-refractivity contribution in [2.24, 2.45) is 40.4 Å². The molecule has 2 aromatic carbocycles. The summed E-state index contributed by atoms with van der Waals surface area (Å²) in [4.78, 5) is 52.6. The van der Waals surface area contributed by atoms with Crippen LogP contribution in [0.2, 0.25) is 0 Å². The van der Waals surface area contributed by atoms with Gasteiger partial charge in [-0.05, 0) is 85.9 Å². The molecule has 1 heterocycles. The molecule has 0 amide bonds. The zero-order valence-electron chi connectivity index (χ0n) is 21.9. The van der Waals surface area contributed by atoms with Gasteiger partial charge < -0.3 is 18.8 Å². The Morgan fingerprint density at radius 2 is 1.61 bits per heavy atom. The lowest BCUT2D eigenvalue weighted by Crippen LogP contribution is -2.56. The fourth-order valence-electron chi connectivity index (χ4n) is 9.30. The van der Waals surface area contributed by atoms with Gasteiger partial charge in [-0.2, -0.15) is 0 Å². The van der Waals surface area contributed by atoms with Crippen molar-refractivity contribution in [1.29, 1.82) is 0 Å². The van der Waals surface area contributed by atoms with Crippen LogP contribution in [-0.2, 0) is 38.8 Å². The quantitative estimate of drug-likeness (QED) is 0.224. The lowest BCUT2D eigenvalue weighted by Gasteiger charge is -2.54. The molecule has 10 nitrogen and oxygen atoms in total. The zero-order chi connectivity index (χ0) is 28.5. The second-order valence-electron chi connectivity index (χ2n) is 13.1. The van der Waals surface area contributed by atoms with Gasteiger partial charge in [-0.1, -0.05) is 12.1 Å². The van der Waals surface area contributed by atoms with E-state index in [-0.39, 0.29) is 40.8 Å². The second-order valence-corrected chi connectivity index (χ2v) is 14.4. The normalized spacial score (nSPS) is 39.8. The SMILES string of the molecule is O=C1C2CC3CC1CC(C(=O)OC1C4CC5C1OC(=O)C5(C(=O)Oc1ccc5cc(S(=O)(=O)[O-])ccc5c1)C4)(C3)C2. The van der Waals surface area contributed by atoms with Crippen molar-refractivity contribution in [3.05, 3.63) is 36.4 Å². The van der Waals surface area contributed by atoms with E-state index in [1.165, 1.54) is 36.4 Å². The average molecular weight is 580 g/mol. The Morgan fingerprint density at radius 3 is 2.34 bits per heavy atom. The topological polar surface area (TPSA) is 153 Å². The van der Waals surface area contributed by atoms with Crippen molar-refractivity contribution >= 4 is 44.6 Å². The molecule has 7 fully saturated rings. The molecule has 0 radical (unpaired) electrons. The van der Waals surface area contributed by atoms with E-state index in [4.69, 9.17) is 14.2 Å². The van der Waals surface area contributed by atoms with Crippen molar-refractivity contribution in [3.8, 4) is 5.75 Å². The van der Waals surface area contributed by atoms with Crippen LogP contribution in [0.4, 0.5) is 0 Å². The van der Waals surface area contributed by atoms with Gasteiger partial charge in [0, 0.05) is 23.7 Å². The standard InChI is InChI=1S/C30H28O10S/c31-23-17-5-14-6-18(23)12-29(10-14,11-17)26(32)39-24-19-9-22-25(24)40-28(34)30(22,13-19)27(33)38-20-3-1-16-8-21(41(35,36)37)4-2-15(16)7-20/h1-4,7-8,14,17-19,22,24-25H,5-6,9-13H2,(H,35,36,37)/p-1. The van der Waals surface area contributed by atoms with Crippen LogP contribution in [0.3, 0.4) is 0 Å². The molecule has 0 N–H and O–H groups in total. The molecule has 1 aliphatic heterocycles. The molecule has 214 valence electrons. The molecule has 41 heavy (non-hydrogen) atoms. The fraction of sp³-hybridized carbons (Fsp3) is 0.533. The van der Waals surface area contributed by atoms with E-state index in [2.05, 4.69) is 0 Å². The first-order valence-corrected chi connectivity index (χ1v) is 15.6. The third-order valence-corrected chi connectivity index (χ3v) is 11.7. The predicted molar refractivity (Wildman–Crippen MR) is 137 cm³/mol. The molecule has 9 rings (SSSR count). The van der Waals surface area contributed by atoms with E-state index < -0.39 is 51.0 Å². The van der Waals surface area contributed by atoms with Gasteiger partial charge in [0.2, 0.25) is 0 Å². The Bertz CT molecular complexity index is 1660. The highest BCUT2D eigenvalue weighted by Gasteiger charge is 2.76. The lowest BCUT2D eigenvalue weighted by atomic mass is 9.49. The molecule has 6 saturated carbocycles. The van der Waals surface area contributed by atoms with E-state index >= 15 is 0 Å². The number of rotatable bonds is 5. The van der Waals surface area contributed by atoms with E-state index in [1.54, 1.807) is 0 Å². The Hall–Kier alpha value is -3.31. The Balaban J connectivity index is 0.996. The number of hydrogen-bond donors (Lipinski definition) is 0. The molecule has 6 aliphatic carbocycles. The van der Waals surface area contributed by atoms with E-state index in [9.17, 15) is 32.1 Å². The molecule has 0 aromatic heterocycles. The first kappa shape index (κ1) is 25.4. The summed E-state index contributed by atoms with van der Waals surface area (Å²) in [5, 5.41) is 1.03. The third-order valence-electron chi connectivity index (χ3n) is 10.9. The molecule has 1 saturated heterocycles. The van der Waals surface area contributed by atoms with Gasteiger partial charge in [0.15, 0.2) is 5.41 Å². The number of carbonyl (C=O) groups excluding carboxylic acids is 4. The van der Waals surface area contributed by atoms with Crippen LogP contribution in [-0.4, -0.2) is 48.9 Å². The Kier molecular flexibility index (Phi) is 5.05. The van der Waals surface area contributed by atoms with Crippen LogP contribution in [0.5, 0.6) is 5.75 Å². The van der Waals surface area contributed by atoms with Crippen LogP contribution in [0.25, 0.3) is 10.8 Å². The van der Waals surface area contributed by atoms with Crippen molar-refractivity contribution in [2.75, 3.05) is 0 Å². The average Bonchev–Trinajstić information content (AvgIpc) is 3.53. The van der Waals surface area contributed by atoms with Gasteiger partial charge in [-0.15, -0.1) is 0 Å². The highest BCUT2D eigenvalue weighted by molar-refractivity contribution is 7.85. The predicted octanol–water partition coefficient (Wildman–Crippen LogP) is 2.91. The van der Waals surface area contributed by atoms with Crippen molar-refractivity contribution in [3.63, 3.8) is 0 Å². The van der Waals surface area contributed by atoms with Crippen molar-refractivity contribution in [1.82, 2.24) is 0 Å². The molecule has 7 aliphatic rings. The number of Topliss-reactive ketones (excluding diaryl/α,β-unsaturated/α-hetero) is 1. The number of benzene rings is 2.